The molecule has 0 fully saturated rings. The van der Waals surface area contributed by atoms with Crippen LogP contribution in [0, 0.1) is 12.7 Å². The molecule has 2 rings (SSSR count). The first kappa shape index (κ1) is 16.8. The number of halogens is 2. The molecule has 0 saturated carbocycles. The van der Waals surface area contributed by atoms with Crippen LogP contribution in [0.25, 0.3) is 0 Å². The van der Waals surface area contributed by atoms with Crippen LogP contribution in [0.2, 0.25) is 0 Å². The van der Waals surface area contributed by atoms with Crippen LogP contribution >= 0.6 is 28.1 Å². The number of benzene rings is 1. The van der Waals surface area contributed by atoms with Gasteiger partial charge in [0.2, 0.25) is 0 Å². The van der Waals surface area contributed by atoms with E-state index in [9.17, 15) is 4.39 Å². The Morgan fingerprint density at radius 2 is 2.05 bits per heavy atom. The van der Waals surface area contributed by atoms with Crippen LogP contribution in [0.15, 0.2) is 41.0 Å². The van der Waals surface area contributed by atoms with E-state index in [0.29, 0.717) is 10.9 Å². The molecule has 0 aliphatic carbocycles. The number of pyridine rings is 1. The zero-order valence-electron chi connectivity index (χ0n) is 12.2. The standard InChI is InChI=1S/C16H17BrFN3S/c1-11-9-14(17)15(20-10-11)21-16(22)19-8-2-3-12-4-6-13(18)7-5-12/h4-7,9-10H,2-3,8H2,1H3,(H2,19,20,21,22). The van der Waals surface area contributed by atoms with Crippen LogP contribution in [0.5, 0.6) is 0 Å². The van der Waals surface area contributed by atoms with Crippen molar-refractivity contribution in [3.63, 3.8) is 0 Å². The van der Waals surface area contributed by atoms with Gasteiger partial charge >= 0.3 is 0 Å². The summed E-state index contributed by atoms with van der Waals surface area (Å²) in [4.78, 5) is 4.28. The second-order valence-corrected chi connectivity index (χ2v) is 6.22. The first-order chi connectivity index (χ1) is 10.5. The van der Waals surface area contributed by atoms with Crippen molar-refractivity contribution in [1.82, 2.24) is 10.3 Å². The molecule has 0 bridgehead atoms. The molecule has 3 nitrogen and oxygen atoms in total. The van der Waals surface area contributed by atoms with Crippen LogP contribution in [0.1, 0.15) is 17.5 Å². The van der Waals surface area contributed by atoms with Crippen LogP contribution < -0.4 is 10.6 Å². The fourth-order valence-electron chi connectivity index (χ4n) is 1.92. The maximum absolute atomic E-state index is 12.8. The highest BCUT2D eigenvalue weighted by atomic mass is 79.9. The molecule has 2 aromatic rings. The number of nitrogens with one attached hydrogen (secondary N) is 2. The van der Waals surface area contributed by atoms with Crippen LogP contribution in [0.3, 0.4) is 0 Å². The second-order valence-electron chi connectivity index (χ2n) is 4.95. The molecule has 1 aromatic carbocycles. The number of thiocarbonyl (C=S) groups is 1. The second kappa shape index (κ2) is 8.19. The van der Waals surface area contributed by atoms with Gasteiger partial charge in [-0.3, -0.25) is 0 Å². The fraction of sp³-hybridized carbons (Fsp3) is 0.250. The average Bonchev–Trinajstić information content (AvgIpc) is 2.48. The van der Waals surface area contributed by atoms with Gasteiger partial charge in [-0.2, -0.15) is 0 Å². The summed E-state index contributed by atoms with van der Waals surface area (Å²) >= 11 is 8.69. The van der Waals surface area contributed by atoms with Crippen molar-refractivity contribution < 1.29 is 4.39 Å². The number of nitrogens with zero attached hydrogens (tertiary/aromatic N) is 1. The van der Waals surface area contributed by atoms with Gasteiger partial charge in [-0.15, -0.1) is 0 Å². The molecule has 0 unspecified atom stereocenters. The average molecular weight is 382 g/mol. The molecule has 0 radical (unpaired) electrons. The van der Waals surface area contributed by atoms with E-state index in [1.54, 1.807) is 18.3 Å². The Morgan fingerprint density at radius 3 is 2.73 bits per heavy atom. The molecular formula is C16H17BrFN3S. The summed E-state index contributed by atoms with van der Waals surface area (Å²) in [5, 5.41) is 6.73. The maximum Gasteiger partial charge on any atom is 0.171 e. The molecule has 1 heterocycles. The summed E-state index contributed by atoms with van der Waals surface area (Å²) in [7, 11) is 0. The Morgan fingerprint density at radius 1 is 1.32 bits per heavy atom. The molecule has 22 heavy (non-hydrogen) atoms. The van der Waals surface area contributed by atoms with Crippen molar-refractivity contribution >= 4 is 39.1 Å². The third kappa shape index (κ3) is 5.35. The largest absolute Gasteiger partial charge is 0.362 e. The minimum atomic E-state index is -0.205. The first-order valence-corrected chi connectivity index (χ1v) is 8.16. The van der Waals surface area contributed by atoms with Crippen molar-refractivity contribution in [3.8, 4) is 0 Å². The van der Waals surface area contributed by atoms with Crippen molar-refractivity contribution in [3.05, 3.63) is 57.9 Å². The number of hydrogen-bond acceptors (Lipinski definition) is 2. The van der Waals surface area contributed by atoms with Crippen molar-refractivity contribution in [2.75, 3.05) is 11.9 Å². The molecular weight excluding hydrogens is 365 g/mol. The number of anilines is 1. The van der Waals surface area contributed by atoms with Gasteiger partial charge in [-0.1, -0.05) is 12.1 Å². The minimum Gasteiger partial charge on any atom is -0.362 e. The van der Waals surface area contributed by atoms with Gasteiger partial charge in [0, 0.05) is 12.7 Å². The molecule has 1 aromatic heterocycles. The topological polar surface area (TPSA) is 37.0 Å². The van der Waals surface area contributed by atoms with E-state index in [1.165, 1.54) is 12.1 Å². The highest BCUT2D eigenvalue weighted by Crippen LogP contribution is 2.20. The van der Waals surface area contributed by atoms with Gasteiger partial charge in [0.15, 0.2) is 5.11 Å². The first-order valence-electron chi connectivity index (χ1n) is 6.96. The summed E-state index contributed by atoms with van der Waals surface area (Å²) in [5.41, 5.74) is 2.20. The molecule has 116 valence electrons. The van der Waals surface area contributed by atoms with Gasteiger partial charge in [0.05, 0.1) is 4.47 Å². The maximum atomic E-state index is 12.8. The summed E-state index contributed by atoms with van der Waals surface area (Å²) in [6, 6.07) is 8.55. The molecule has 2 N–H and O–H groups in total. The predicted octanol–water partition coefficient (Wildman–Crippen LogP) is 4.21. The highest BCUT2D eigenvalue weighted by molar-refractivity contribution is 9.10. The summed E-state index contributed by atoms with van der Waals surface area (Å²) in [6.45, 7) is 2.72. The Bertz CT molecular complexity index is 646. The lowest BCUT2D eigenvalue weighted by Crippen LogP contribution is -2.30. The van der Waals surface area contributed by atoms with Gasteiger partial charge in [0.25, 0.3) is 0 Å². The number of aryl methyl sites for hydroxylation is 2. The van der Waals surface area contributed by atoms with Crippen LogP contribution in [0.4, 0.5) is 10.2 Å². The Balaban J connectivity index is 1.72. The highest BCUT2D eigenvalue weighted by Gasteiger charge is 2.03. The molecule has 0 saturated heterocycles. The van der Waals surface area contributed by atoms with E-state index in [0.717, 1.165) is 35.0 Å². The van der Waals surface area contributed by atoms with Gasteiger partial charge in [-0.05, 0) is 77.2 Å². The van der Waals surface area contributed by atoms with E-state index in [1.807, 2.05) is 13.0 Å². The van der Waals surface area contributed by atoms with Gasteiger partial charge in [0.1, 0.15) is 11.6 Å². The summed E-state index contributed by atoms with van der Waals surface area (Å²) in [5.74, 6) is 0.491. The third-order valence-electron chi connectivity index (χ3n) is 3.05. The lowest BCUT2D eigenvalue weighted by atomic mass is 10.1. The zero-order valence-corrected chi connectivity index (χ0v) is 14.6. The van der Waals surface area contributed by atoms with Gasteiger partial charge in [-0.25, -0.2) is 9.37 Å². The molecule has 0 spiro atoms. The van der Waals surface area contributed by atoms with Crippen molar-refractivity contribution in [2.24, 2.45) is 0 Å². The van der Waals surface area contributed by atoms with E-state index in [4.69, 9.17) is 12.2 Å². The molecule has 0 aliphatic rings. The molecule has 0 amide bonds. The number of hydrogen-bond donors (Lipinski definition) is 2. The fourth-order valence-corrected chi connectivity index (χ4v) is 2.68. The van der Waals surface area contributed by atoms with Crippen LogP contribution in [-0.4, -0.2) is 16.6 Å². The SMILES string of the molecule is Cc1cnc(NC(=S)NCCCc2ccc(F)cc2)c(Br)c1. The lowest BCUT2D eigenvalue weighted by Gasteiger charge is -2.11. The Kier molecular flexibility index (Phi) is 6.27. The summed E-state index contributed by atoms with van der Waals surface area (Å²) in [6.07, 6.45) is 3.57. The number of aromatic nitrogens is 1. The van der Waals surface area contributed by atoms with Crippen molar-refractivity contribution in [2.45, 2.75) is 19.8 Å². The van der Waals surface area contributed by atoms with Crippen molar-refractivity contribution in [1.29, 1.82) is 0 Å². The Labute approximate surface area is 143 Å². The normalized spacial score (nSPS) is 10.3. The third-order valence-corrected chi connectivity index (χ3v) is 3.90. The van der Waals surface area contributed by atoms with E-state index >= 15 is 0 Å². The minimum absolute atomic E-state index is 0.205. The zero-order chi connectivity index (χ0) is 15.9. The molecule has 0 aliphatic heterocycles. The van der Waals surface area contributed by atoms with E-state index < -0.39 is 0 Å². The van der Waals surface area contributed by atoms with Crippen LogP contribution in [-0.2, 0) is 6.42 Å². The molecule has 0 atom stereocenters. The quantitative estimate of drug-likeness (QED) is 0.600. The smallest absolute Gasteiger partial charge is 0.171 e. The van der Waals surface area contributed by atoms with Gasteiger partial charge < -0.3 is 10.6 Å². The monoisotopic (exact) mass is 381 g/mol. The Hall–Kier alpha value is -1.53. The molecule has 6 heteroatoms. The predicted molar refractivity (Wildman–Crippen MR) is 95.6 cm³/mol. The van der Waals surface area contributed by atoms with E-state index in [-0.39, 0.29) is 5.82 Å². The van der Waals surface area contributed by atoms with E-state index in [2.05, 4.69) is 31.5 Å². The summed E-state index contributed by atoms with van der Waals surface area (Å²) < 4.78 is 13.7. The lowest BCUT2D eigenvalue weighted by molar-refractivity contribution is 0.626. The number of rotatable bonds is 5.